The average molecular weight is 223 g/mol. The van der Waals surface area contributed by atoms with E-state index >= 15 is 0 Å². The van der Waals surface area contributed by atoms with E-state index in [0.717, 1.165) is 0 Å². The number of nitrogens with one attached hydrogen (secondary N) is 1. The van der Waals surface area contributed by atoms with Crippen LogP contribution in [0.5, 0.6) is 0 Å². The quantitative estimate of drug-likeness (QED) is 0.791. The standard InChI is InChI=1S/C11H23F2NO/c1-9(2,3)8-15-11(12,13)7-14-10(4,5)6/h14H,7-8H2,1-6H3. The van der Waals surface area contributed by atoms with Crippen molar-refractivity contribution in [1.82, 2.24) is 5.32 Å². The number of hydrogen-bond donors (Lipinski definition) is 1. The Labute approximate surface area is 91.4 Å². The summed E-state index contributed by atoms with van der Waals surface area (Å²) < 4.78 is 31.0. The molecule has 0 fully saturated rings. The Morgan fingerprint density at radius 1 is 1.00 bits per heavy atom. The highest BCUT2D eigenvalue weighted by Crippen LogP contribution is 2.21. The van der Waals surface area contributed by atoms with Gasteiger partial charge in [-0.3, -0.25) is 0 Å². The van der Waals surface area contributed by atoms with Crippen molar-refractivity contribution >= 4 is 0 Å². The van der Waals surface area contributed by atoms with Crippen LogP contribution in [-0.4, -0.2) is 24.8 Å². The van der Waals surface area contributed by atoms with E-state index in [-0.39, 0.29) is 17.6 Å². The van der Waals surface area contributed by atoms with Crippen LogP contribution in [0.1, 0.15) is 41.5 Å². The van der Waals surface area contributed by atoms with Crippen LogP contribution in [0.4, 0.5) is 8.78 Å². The van der Waals surface area contributed by atoms with E-state index in [2.05, 4.69) is 10.1 Å². The van der Waals surface area contributed by atoms with E-state index in [9.17, 15) is 8.78 Å². The molecule has 0 aliphatic carbocycles. The molecule has 0 aliphatic rings. The molecule has 0 heterocycles. The first-order valence-electron chi connectivity index (χ1n) is 5.18. The molecule has 2 nitrogen and oxygen atoms in total. The summed E-state index contributed by atoms with van der Waals surface area (Å²) in [4.78, 5) is 0. The summed E-state index contributed by atoms with van der Waals surface area (Å²) in [6, 6.07) is 0. The van der Waals surface area contributed by atoms with Gasteiger partial charge >= 0.3 is 6.11 Å². The lowest BCUT2D eigenvalue weighted by molar-refractivity contribution is -0.246. The third-order valence-corrected chi connectivity index (χ3v) is 1.54. The second kappa shape index (κ2) is 4.74. The topological polar surface area (TPSA) is 21.3 Å². The van der Waals surface area contributed by atoms with Crippen LogP contribution < -0.4 is 5.32 Å². The minimum absolute atomic E-state index is 0.0474. The molecule has 0 saturated heterocycles. The number of rotatable bonds is 4. The van der Waals surface area contributed by atoms with Crippen LogP contribution in [0.25, 0.3) is 0 Å². The fourth-order valence-electron chi connectivity index (χ4n) is 0.741. The molecule has 0 unspecified atom stereocenters. The minimum atomic E-state index is -3.10. The van der Waals surface area contributed by atoms with Gasteiger partial charge in [-0.05, 0) is 26.2 Å². The number of alkyl halides is 2. The van der Waals surface area contributed by atoms with E-state index < -0.39 is 12.7 Å². The van der Waals surface area contributed by atoms with E-state index in [1.165, 1.54) is 0 Å². The van der Waals surface area contributed by atoms with Crippen molar-refractivity contribution in [2.75, 3.05) is 13.2 Å². The van der Waals surface area contributed by atoms with Gasteiger partial charge in [-0.2, -0.15) is 8.78 Å². The average Bonchev–Trinajstić information content (AvgIpc) is 1.96. The molecule has 0 aromatic heterocycles. The molecule has 0 rings (SSSR count). The van der Waals surface area contributed by atoms with E-state index in [0.29, 0.717) is 0 Å². The molecule has 92 valence electrons. The van der Waals surface area contributed by atoms with E-state index in [4.69, 9.17) is 0 Å². The van der Waals surface area contributed by atoms with Gasteiger partial charge in [0.05, 0.1) is 13.2 Å². The highest BCUT2D eigenvalue weighted by Gasteiger charge is 2.32. The fraction of sp³-hybridized carbons (Fsp3) is 1.00. The Morgan fingerprint density at radius 2 is 1.47 bits per heavy atom. The first-order valence-corrected chi connectivity index (χ1v) is 5.18. The van der Waals surface area contributed by atoms with Gasteiger partial charge in [0.1, 0.15) is 0 Å². The number of ether oxygens (including phenoxy) is 1. The largest absolute Gasteiger partial charge is 0.368 e. The minimum Gasteiger partial charge on any atom is -0.319 e. The zero-order valence-electron chi connectivity index (χ0n) is 10.6. The number of halogens is 2. The Hall–Kier alpha value is -0.220. The van der Waals surface area contributed by atoms with Gasteiger partial charge in [0.25, 0.3) is 0 Å². The van der Waals surface area contributed by atoms with Crippen molar-refractivity contribution in [2.24, 2.45) is 5.41 Å². The van der Waals surface area contributed by atoms with E-state index in [1.54, 1.807) is 0 Å². The second-order valence-corrected chi connectivity index (χ2v) is 6.09. The van der Waals surface area contributed by atoms with Gasteiger partial charge in [0.2, 0.25) is 0 Å². The van der Waals surface area contributed by atoms with Crippen molar-refractivity contribution in [2.45, 2.75) is 53.2 Å². The summed E-state index contributed by atoms with van der Waals surface area (Å²) in [5, 5.41) is 2.72. The summed E-state index contributed by atoms with van der Waals surface area (Å²) in [6.07, 6.45) is -3.10. The van der Waals surface area contributed by atoms with Gasteiger partial charge in [0.15, 0.2) is 0 Å². The SMILES string of the molecule is CC(C)(C)COC(F)(F)CNC(C)(C)C. The fourth-order valence-corrected chi connectivity index (χ4v) is 0.741. The maximum atomic E-state index is 13.2. The van der Waals surface area contributed by atoms with E-state index in [1.807, 2.05) is 41.5 Å². The van der Waals surface area contributed by atoms with Crippen molar-refractivity contribution in [1.29, 1.82) is 0 Å². The molecule has 4 heteroatoms. The lowest BCUT2D eigenvalue weighted by Gasteiger charge is -2.27. The Kier molecular flexibility index (Phi) is 4.67. The van der Waals surface area contributed by atoms with Crippen LogP contribution in [0.3, 0.4) is 0 Å². The molecule has 0 spiro atoms. The second-order valence-electron chi connectivity index (χ2n) is 6.09. The molecule has 1 N–H and O–H groups in total. The lowest BCUT2D eigenvalue weighted by Crippen LogP contribution is -2.45. The van der Waals surface area contributed by atoms with Crippen molar-refractivity contribution in [3.05, 3.63) is 0 Å². The Morgan fingerprint density at radius 3 is 1.80 bits per heavy atom. The van der Waals surface area contributed by atoms with Crippen molar-refractivity contribution in [3.8, 4) is 0 Å². The molecular weight excluding hydrogens is 200 g/mol. The first kappa shape index (κ1) is 14.8. The summed E-state index contributed by atoms with van der Waals surface area (Å²) in [7, 11) is 0. The molecule has 0 bridgehead atoms. The molecule has 0 atom stereocenters. The molecule has 0 aromatic carbocycles. The molecule has 0 radical (unpaired) electrons. The van der Waals surface area contributed by atoms with Gasteiger partial charge < -0.3 is 10.1 Å². The maximum absolute atomic E-state index is 13.2. The summed E-state index contributed by atoms with van der Waals surface area (Å²) in [5.41, 5.74) is -0.570. The lowest BCUT2D eigenvalue weighted by atomic mass is 9.99. The molecule has 0 saturated carbocycles. The molecular formula is C11H23F2NO. The highest BCUT2D eigenvalue weighted by molar-refractivity contribution is 4.73. The van der Waals surface area contributed by atoms with Crippen molar-refractivity contribution in [3.63, 3.8) is 0 Å². The summed E-state index contributed by atoms with van der Waals surface area (Å²) in [5.74, 6) is 0. The molecule has 0 aliphatic heterocycles. The Bertz CT molecular complexity index is 172. The van der Waals surface area contributed by atoms with Gasteiger partial charge in [-0.15, -0.1) is 0 Å². The van der Waals surface area contributed by atoms with Crippen LogP contribution >= 0.6 is 0 Å². The smallest absolute Gasteiger partial charge is 0.319 e. The maximum Gasteiger partial charge on any atom is 0.368 e. The normalized spacial score (nSPS) is 14.4. The van der Waals surface area contributed by atoms with Crippen LogP contribution in [0.15, 0.2) is 0 Å². The predicted octanol–water partition coefficient (Wildman–Crippen LogP) is 3.03. The van der Waals surface area contributed by atoms with Gasteiger partial charge in [-0.25, -0.2) is 0 Å². The van der Waals surface area contributed by atoms with Crippen molar-refractivity contribution < 1.29 is 13.5 Å². The summed E-state index contributed by atoms with van der Waals surface area (Å²) in [6.45, 7) is 10.7. The van der Waals surface area contributed by atoms with Gasteiger partial charge in [-0.1, -0.05) is 20.8 Å². The third-order valence-electron chi connectivity index (χ3n) is 1.54. The number of hydrogen-bond acceptors (Lipinski definition) is 2. The zero-order valence-corrected chi connectivity index (χ0v) is 10.6. The molecule has 15 heavy (non-hydrogen) atoms. The Balaban J connectivity index is 3.98. The van der Waals surface area contributed by atoms with Crippen LogP contribution in [0.2, 0.25) is 0 Å². The summed E-state index contributed by atoms with van der Waals surface area (Å²) >= 11 is 0. The third kappa shape index (κ3) is 10.1. The molecule has 0 aromatic rings. The van der Waals surface area contributed by atoms with Crippen LogP contribution in [0, 0.1) is 5.41 Å². The van der Waals surface area contributed by atoms with Gasteiger partial charge in [0, 0.05) is 5.54 Å². The van der Waals surface area contributed by atoms with Crippen LogP contribution in [-0.2, 0) is 4.74 Å². The first-order chi connectivity index (χ1) is 6.41. The zero-order chi connectivity index (χ0) is 12.3. The molecule has 0 amide bonds. The monoisotopic (exact) mass is 223 g/mol. The highest BCUT2D eigenvalue weighted by atomic mass is 19.3. The predicted molar refractivity (Wildman–Crippen MR) is 58.1 cm³/mol.